The van der Waals surface area contributed by atoms with E-state index in [9.17, 15) is 13.2 Å². The summed E-state index contributed by atoms with van der Waals surface area (Å²) in [6, 6.07) is 7.58. The molecule has 0 aliphatic carbocycles. The van der Waals surface area contributed by atoms with Crippen LogP contribution in [-0.2, 0) is 14.6 Å². The summed E-state index contributed by atoms with van der Waals surface area (Å²) in [6.45, 7) is 0.569. The van der Waals surface area contributed by atoms with E-state index in [1.807, 2.05) is 24.3 Å². The molecular formula is C15H17NO4S. The van der Waals surface area contributed by atoms with Crippen LogP contribution in [0.25, 0.3) is 0 Å². The molecule has 0 spiro atoms. The van der Waals surface area contributed by atoms with Crippen molar-refractivity contribution in [2.24, 2.45) is 5.92 Å². The van der Waals surface area contributed by atoms with Crippen molar-refractivity contribution in [2.75, 3.05) is 12.4 Å². The van der Waals surface area contributed by atoms with Crippen LogP contribution in [0.15, 0.2) is 35.7 Å². The lowest BCUT2D eigenvalue weighted by Crippen LogP contribution is -2.33. The van der Waals surface area contributed by atoms with Crippen LogP contribution in [0.4, 0.5) is 0 Å². The summed E-state index contributed by atoms with van der Waals surface area (Å²) in [4.78, 5) is 12.1. The number of nitrogens with one attached hydrogen (secondary N) is 1. The summed E-state index contributed by atoms with van der Waals surface area (Å²) in [6.07, 6.45) is 2.53. The van der Waals surface area contributed by atoms with Gasteiger partial charge in [0.25, 0.3) is 0 Å². The van der Waals surface area contributed by atoms with Gasteiger partial charge in [0, 0.05) is 29.7 Å². The molecule has 0 radical (unpaired) electrons. The number of hydrogen-bond acceptors (Lipinski definition) is 4. The minimum atomic E-state index is -3.10. The van der Waals surface area contributed by atoms with Crippen LogP contribution in [0.1, 0.15) is 24.4 Å². The second kappa shape index (κ2) is 5.52. The Bertz CT molecular complexity index is 681. The number of carbonyl (C=O) groups is 1. The summed E-state index contributed by atoms with van der Waals surface area (Å²) in [5.41, 5.74) is 0.978. The van der Waals surface area contributed by atoms with E-state index in [-0.39, 0.29) is 30.0 Å². The Balaban J connectivity index is 1.63. The smallest absolute Gasteiger partial charge is 0.221 e. The van der Waals surface area contributed by atoms with Gasteiger partial charge in [-0.15, -0.1) is 0 Å². The zero-order chi connectivity index (χ0) is 14.9. The van der Waals surface area contributed by atoms with Crippen molar-refractivity contribution in [3.63, 3.8) is 0 Å². The van der Waals surface area contributed by atoms with E-state index < -0.39 is 9.84 Å². The largest absolute Gasteiger partial charge is 0.493 e. The number of para-hydroxylation sites is 1. The van der Waals surface area contributed by atoms with Crippen LogP contribution in [0.5, 0.6) is 5.75 Å². The van der Waals surface area contributed by atoms with Gasteiger partial charge in [-0.1, -0.05) is 24.3 Å². The molecule has 6 heteroatoms. The molecule has 0 bridgehead atoms. The van der Waals surface area contributed by atoms with Crippen molar-refractivity contribution >= 4 is 15.7 Å². The zero-order valence-corrected chi connectivity index (χ0v) is 12.3. The van der Waals surface area contributed by atoms with E-state index in [1.54, 1.807) is 6.08 Å². The number of hydrogen-bond donors (Lipinski definition) is 1. The third-order valence-electron chi connectivity index (χ3n) is 3.75. The van der Waals surface area contributed by atoms with Crippen LogP contribution >= 0.6 is 0 Å². The molecule has 21 heavy (non-hydrogen) atoms. The molecule has 2 heterocycles. The van der Waals surface area contributed by atoms with Crippen LogP contribution in [0.3, 0.4) is 0 Å². The summed E-state index contributed by atoms with van der Waals surface area (Å²) in [5, 5.41) is 4.18. The lowest BCUT2D eigenvalue weighted by atomic mass is 9.99. The number of sulfone groups is 1. The van der Waals surface area contributed by atoms with Gasteiger partial charge in [-0.25, -0.2) is 8.42 Å². The standard InChI is InChI=1S/C15H17NO4S/c17-15(9-11-6-8-21(18,19)10-11)16-13-5-7-20-14-4-2-1-3-12(13)14/h1-4,6,8,11,13H,5,7,9-10H2,(H,16,17)/t11-,13+/m1/s1. The highest BCUT2D eigenvalue weighted by Gasteiger charge is 2.26. The molecule has 0 saturated carbocycles. The van der Waals surface area contributed by atoms with Gasteiger partial charge in [0.05, 0.1) is 18.4 Å². The van der Waals surface area contributed by atoms with Crippen molar-refractivity contribution in [1.29, 1.82) is 0 Å². The van der Waals surface area contributed by atoms with E-state index in [2.05, 4.69) is 5.32 Å². The number of carbonyl (C=O) groups excluding carboxylic acids is 1. The Labute approximate surface area is 123 Å². The molecule has 0 unspecified atom stereocenters. The third kappa shape index (κ3) is 3.26. The molecule has 0 saturated heterocycles. The fourth-order valence-corrected chi connectivity index (χ4v) is 4.15. The fourth-order valence-electron chi connectivity index (χ4n) is 2.75. The Morgan fingerprint density at radius 3 is 2.90 bits per heavy atom. The van der Waals surface area contributed by atoms with E-state index in [1.165, 1.54) is 5.41 Å². The van der Waals surface area contributed by atoms with Gasteiger partial charge in [-0.3, -0.25) is 4.79 Å². The predicted molar refractivity (Wildman–Crippen MR) is 78.5 cm³/mol. The molecular weight excluding hydrogens is 290 g/mol. The number of fused-ring (bicyclic) bond motifs is 1. The molecule has 112 valence electrons. The minimum absolute atomic E-state index is 0.0325. The van der Waals surface area contributed by atoms with Crippen LogP contribution in [0.2, 0.25) is 0 Å². The molecule has 1 aromatic rings. The Kier molecular flexibility index (Phi) is 3.71. The first-order valence-corrected chi connectivity index (χ1v) is 8.67. The lowest BCUT2D eigenvalue weighted by Gasteiger charge is -2.26. The van der Waals surface area contributed by atoms with Crippen molar-refractivity contribution < 1.29 is 17.9 Å². The molecule has 2 aliphatic heterocycles. The predicted octanol–water partition coefficient (Wildman–Crippen LogP) is 1.57. The highest BCUT2D eigenvalue weighted by molar-refractivity contribution is 7.94. The summed E-state index contributed by atoms with van der Waals surface area (Å²) in [5.74, 6) is 0.496. The molecule has 5 nitrogen and oxygen atoms in total. The number of rotatable bonds is 3. The average Bonchev–Trinajstić information content (AvgIpc) is 2.78. The molecule has 2 aliphatic rings. The maximum atomic E-state index is 12.1. The quantitative estimate of drug-likeness (QED) is 0.920. The first kappa shape index (κ1) is 14.1. The molecule has 1 aromatic carbocycles. The van der Waals surface area contributed by atoms with Gasteiger partial charge in [0.2, 0.25) is 5.91 Å². The number of amides is 1. The molecule has 1 amide bonds. The van der Waals surface area contributed by atoms with Crippen LogP contribution in [0, 0.1) is 5.92 Å². The van der Waals surface area contributed by atoms with Crippen molar-refractivity contribution in [3.8, 4) is 5.75 Å². The van der Waals surface area contributed by atoms with Crippen LogP contribution < -0.4 is 10.1 Å². The van der Waals surface area contributed by atoms with E-state index in [0.717, 1.165) is 17.7 Å². The summed E-state index contributed by atoms with van der Waals surface area (Å²) < 4.78 is 28.2. The van der Waals surface area contributed by atoms with E-state index >= 15 is 0 Å². The highest BCUT2D eigenvalue weighted by atomic mass is 32.2. The fraction of sp³-hybridized carbons (Fsp3) is 0.400. The first-order chi connectivity index (χ1) is 10.0. The van der Waals surface area contributed by atoms with E-state index in [4.69, 9.17) is 4.74 Å². The molecule has 0 aromatic heterocycles. The van der Waals surface area contributed by atoms with E-state index in [0.29, 0.717) is 6.61 Å². The summed E-state index contributed by atoms with van der Waals surface area (Å²) >= 11 is 0. The second-order valence-corrected chi connectivity index (χ2v) is 7.35. The van der Waals surface area contributed by atoms with Crippen molar-refractivity contribution in [1.82, 2.24) is 5.32 Å². The monoisotopic (exact) mass is 307 g/mol. The maximum Gasteiger partial charge on any atom is 0.221 e. The van der Waals surface area contributed by atoms with Gasteiger partial charge in [0.15, 0.2) is 9.84 Å². The van der Waals surface area contributed by atoms with Gasteiger partial charge >= 0.3 is 0 Å². The Hall–Kier alpha value is -1.82. The highest BCUT2D eigenvalue weighted by Crippen LogP contribution is 2.31. The normalized spacial score (nSPS) is 25.9. The molecule has 1 N–H and O–H groups in total. The first-order valence-electron chi connectivity index (χ1n) is 6.95. The van der Waals surface area contributed by atoms with Crippen molar-refractivity contribution in [2.45, 2.75) is 18.9 Å². The molecule has 2 atom stereocenters. The lowest BCUT2D eigenvalue weighted by molar-refractivity contribution is -0.122. The Morgan fingerprint density at radius 2 is 2.14 bits per heavy atom. The number of allylic oxidation sites excluding steroid dienone is 1. The topological polar surface area (TPSA) is 72.5 Å². The van der Waals surface area contributed by atoms with Crippen LogP contribution in [-0.4, -0.2) is 26.7 Å². The third-order valence-corrected chi connectivity index (χ3v) is 5.21. The molecule has 3 rings (SSSR count). The SMILES string of the molecule is O=C(C[C@H]1C=CS(=O)(=O)C1)N[C@H]1CCOc2ccccc21. The maximum absolute atomic E-state index is 12.1. The summed E-state index contributed by atoms with van der Waals surface area (Å²) in [7, 11) is -3.10. The average molecular weight is 307 g/mol. The van der Waals surface area contributed by atoms with Crippen molar-refractivity contribution in [3.05, 3.63) is 41.3 Å². The van der Waals surface area contributed by atoms with Gasteiger partial charge < -0.3 is 10.1 Å². The number of benzene rings is 1. The second-order valence-electron chi connectivity index (χ2n) is 5.42. The molecule has 0 fully saturated rings. The minimum Gasteiger partial charge on any atom is -0.493 e. The number of ether oxygens (including phenoxy) is 1. The zero-order valence-electron chi connectivity index (χ0n) is 11.5. The Morgan fingerprint density at radius 1 is 1.33 bits per heavy atom. The van der Waals surface area contributed by atoms with Gasteiger partial charge in [0.1, 0.15) is 5.75 Å². The van der Waals surface area contributed by atoms with Gasteiger partial charge in [-0.2, -0.15) is 0 Å². The van der Waals surface area contributed by atoms with Gasteiger partial charge in [-0.05, 0) is 6.07 Å².